The predicted molar refractivity (Wildman–Crippen MR) is 130 cm³/mol. The first-order valence-corrected chi connectivity index (χ1v) is 11.6. The molecule has 1 aliphatic heterocycles. The number of ether oxygens (including phenoxy) is 1. The van der Waals surface area contributed by atoms with Crippen LogP contribution in [0, 0.1) is 11.7 Å². The maximum atomic E-state index is 15.1. The predicted octanol–water partition coefficient (Wildman–Crippen LogP) is 3.32. The molecule has 5 rings (SSSR count). The van der Waals surface area contributed by atoms with Crippen LogP contribution in [-0.4, -0.2) is 42.3 Å². The zero-order valence-corrected chi connectivity index (χ0v) is 19.8. The molecule has 0 spiro atoms. The molecule has 1 amide bonds. The Balaban J connectivity index is 1.86. The summed E-state index contributed by atoms with van der Waals surface area (Å²) < 4.78 is 22.8. The van der Waals surface area contributed by atoms with Gasteiger partial charge < -0.3 is 10.1 Å². The minimum Gasteiger partial charge on any atom is -0.481 e. The highest BCUT2D eigenvalue weighted by atomic mass is 19.1. The Bertz CT molecular complexity index is 1500. The van der Waals surface area contributed by atoms with Crippen LogP contribution in [0.25, 0.3) is 22.8 Å². The van der Waals surface area contributed by atoms with E-state index in [0.717, 1.165) is 31.2 Å². The number of fused-ring (bicyclic) bond motifs is 4. The average molecular weight is 490 g/mol. The summed E-state index contributed by atoms with van der Waals surface area (Å²) in [6, 6.07) is 6.31. The molecule has 36 heavy (non-hydrogen) atoms. The molecule has 0 aliphatic carbocycles. The summed E-state index contributed by atoms with van der Waals surface area (Å²) in [5, 5.41) is 7.67. The molecule has 1 aliphatic rings. The molecular formula is C25H24FN7O3. The van der Waals surface area contributed by atoms with Crippen molar-refractivity contribution in [1.29, 1.82) is 0 Å². The Morgan fingerprint density at radius 2 is 2.00 bits per heavy atom. The number of halogens is 1. The van der Waals surface area contributed by atoms with Crippen LogP contribution in [0.1, 0.15) is 31.9 Å². The van der Waals surface area contributed by atoms with Gasteiger partial charge >= 0.3 is 0 Å². The summed E-state index contributed by atoms with van der Waals surface area (Å²) in [4.78, 5) is 38.6. The highest BCUT2D eigenvalue weighted by Crippen LogP contribution is 2.36. The molecule has 0 aromatic carbocycles. The lowest BCUT2D eigenvalue weighted by Crippen LogP contribution is -2.25. The number of hydrogen-bond acceptors (Lipinski definition) is 7. The number of nitrogens with one attached hydrogen (secondary N) is 1. The first-order chi connectivity index (χ1) is 17.5. The van der Waals surface area contributed by atoms with Crippen LogP contribution in [0.3, 0.4) is 0 Å². The van der Waals surface area contributed by atoms with Gasteiger partial charge in [0.1, 0.15) is 23.4 Å². The lowest BCUT2D eigenvalue weighted by molar-refractivity contribution is -0.119. The zero-order chi connectivity index (χ0) is 25.2. The number of aryl methyl sites for hydroxylation is 1. The number of carbonyl (C=O) groups excluding carboxylic acids is 1. The summed E-state index contributed by atoms with van der Waals surface area (Å²) in [6.07, 6.45) is 8.55. The molecule has 0 saturated heterocycles. The number of amides is 1. The summed E-state index contributed by atoms with van der Waals surface area (Å²) in [7, 11) is 1.41. The van der Waals surface area contributed by atoms with E-state index in [1.54, 1.807) is 12.3 Å². The van der Waals surface area contributed by atoms with Gasteiger partial charge in [0.05, 0.1) is 13.3 Å². The van der Waals surface area contributed by atoms with E-state index < -0.39 is 11.4 Å². The van der Waals surface area contributed by atoms with Crippen LogP contribution in [-0.2, 0) is 11.2 Å². The van der Waals surface area contributed by atoms with Crippen LogP contribution in [0.5, 0.6) is 5.88 Å². The van der Waals surface area contributed by atoms with Gasteiger partial charge in [-0.05, 0) is 31.4 Å². The minimum atomic E-state index is -0.692. The quantitative estimate of drug-likeness (QED) is 0.469. The molecule has 4 aromatic heterocycles. The van der Waals surface area contributed by atoms with E-state index in [9.17, 15) is 9.59 Å². The van der Waals surface area contributed by atoms with E-state index in [2.05, 4.69) is 20.3 Å². The Morgan fingerprint density at radius 1 is 1.14 bits per heavy atom. The molecule has 2 bridgehead atoms. The van der Waals surface area contributed by atoms with Crippen molar-refractivity contribution in [2.24, 2.45) is 5.92 Å². The van der Waals surface area contributed by atoms with Gasteiger partial charge in [-0.2, -0.15) is 5.10 Å². The van der Waals surface area contributed by atoms with E-state index in [-0.39, 0.29) is 34.9 Å². The zero-order valence-electron chi connectivity index (χ0n) is 19.8. The third-order valence-electron chi connectivity index (χ3n) is 6.17. The van der Waals surface area contributed by atoms with Crippen molar-refractivity contribution in [3.63, 3.8) is 0 Å². The molecule has 11 heteroatoms. The second-order valence-electron chi connectivity index (χ2n) is 8.60. The van der Waals surface area contributed by atoms with Gasteiger partial charge in [0, 0.05) is 41.7 Å². The van der Waals surface area contributed by atoms with Crippen LogP contribution < -0.4 is 15.6 Å². The Hall–Kier alpha value is -4.41. The topological polar surface area (TPSA) is 117 Å². The van der Waals surface area contributed by atoms with Crippen molar-refractivity contribution in [1.82, 2.24) is 29.3 Å². The minimum absolute atomic E-state index is 0.0130. The number of aromatic nitrogens is 6. The number of methoxy groups -OCH3 is 1. The molecule has 184 valence electrons. The van der Waals surface area contributed by atoms with Crippen molar-refractivity contribution in [2.75, 3.05) is 12.4 Å². The van der Waals surface area contributed by atoms with Crippen LogP contribution >= 0.6 is 0 Å². The molecule has 10 nitrogen and oxygen atoms in total. The summed E-state index contributed by atoms with van der Waals surface area (Å²) in [5.74, 6) is -0.919. The van der Waals surface area contributed by atoms with Gasteiger partial charge in [-0.3, -0.25) is 14.6 Å². The molecule has 0 fully saturated rings. The SMILES string of the molecule is COc1cc(-n2nc3c(c2-n2cnccc2=O)NC(=O)C(C)CCCCc2cc-3ccn2)c(F)cn1. The van der Waals surface area contributed by atoms with Gasteiger partial charge in [-0.25, -0.2) is 23.6 Å². The summed E-state index contributed by atoms with van der Waals surface area (Å²) in [6.45, 7) is 1.85. The van der Waals surface area contributed by atoms with E-state index in [1.165, 1.54) is 41.0 Å². The molecule has 0 saturated carbocycles. The molecule has 1 N–H and O–H groups in total. The van der Waals surface area contributed by atoms with Gasteiger partial charge in [0.15, 0.2) is 11.6 Å². The van der Waals surface area contributed by atoms with Crippen molar-refractivity contribution >= 4 is 11.6 Å². The first-order valence-electron chi connectivity index (χ1n) is 11.6. The molecule has 1 unspecified atom stereocenters. The Kier molecular flexibility index (Phi) is 6.28. The maximum Gasteiger partial charge on any atom is 0.259 e. The molecule has 0 radical (unpaired) electrons. The van der Waals surface area contributed by atoms with E-state index >= 15 is 4.39 Å². The first kappa shape index (κ1) is 23.3. The fourth-order valence-electron chi connectivity index (χ4n) is 4.20. The van der Waals surface area contributed by atoms with Crippen molar-refractivity contribution in [3.8, 4) is 28.6 Å². The standard InChI is InChI=1S/C25H24FN7O3/c1-15-5-3-4-6-17-11-16(7-10-28-17)22-23(30-24(15)35)25(32-14-27-9-8-21(32)34)33(31-22)19-12-20(36-2)29-13-18(19)26/h7-15H,3-6H2,1-2H3,(H,30,35). The van der Waals surface area contributed by atoms with Crippen molar-refractivity contribution < 1.29 is 13.9 Å². The molecule has 4 aromatic rings. The second kappa shape index (κ2) is 9.68. The van der Waals surface area contributed by atoms with E-state index in [4.69, 9.17) is 9.84 Å². The Morgan fingerprint density at radius 3 is 2.81 bits per heavy atom. The number of nitrogens with zero attached hydrogens (tertiary/aromatic N) is 6. The van der Waals surface area contributed by atoms with Gasteiger partial charge in [0.25, 0.3) is 5.56 Å². The van der Waals surface area contributed by atoms with Crippen LogP contribution in [0.2, 0.25) is 0 Å². The van der Waals surface area contributed by atoms with Crippen molar-refractivity contribution in [3.05, 3.63) is 71.0 Å². The van der Waals surface area contributed by atoms with Gasteiger partial charge in [-0.1, -0.05) is 13.3 Å². The number of anilines is 1. The van der Waals surface area contributed by atoms with Gasteiger partial charge in [-0.15, -0.1) is 0 Å². The number of carbonyl (C=O) groups is 1. The highest BCUT2D eigenvalue weighted by molar-refractivity contribution is 5.98. The second-order valence-corrected chi connectivity index (χ2v) is 8.60. The van der Waals surface area contributed by atoms with Crippen LogP contribution in [0.4, 0.5) is 10.1 Å². The van der Waals surface area contributed by atoms with E-state index in [1.807, 2.05) is 13.0 Å². The number of rotatable bonds is 3. The normalized spacial score (nSPS) is 15.9. The highest BCUT2D eigenvalue weighted by Gasteiger charge is 2.28. The largest absolute Gasteiger partial charge is 0.481 e. The van der Waals surface area contributed by atoms with Gasteiger partial charge in [0.2, 0.25) is 11.8 Å². The summed E-state index contributed by atoms with van der Waals surface area (Å²) in [5.41, 5.74) is 1.72. The molecule has 1 atom stereocenters. The summed E-state index contributed by atoms with van der Waals surface area (Å²) >= 11 is 0. The molecular weight excluding hydrogens is 465 g/mol. The monoisotopic (exact) mass is 489 g/mol. The third-order valence-corrected chi connectivity index (χ3v) is 6.17. The third kappa shape index (κ3) is 4.35. The van der Waals surface area contributed by atoms with E-state index in [0.29, 0.717) is 17.7 Å². The van der Waals surface area contributed by atoms with Crippen LogP contribution in [0.15, 0.2) is 54.0 Å². The Labute approximate surface area is 205 Å². The maximum absolute atomic E-state index is 15.1. The number of pyridine rings is 2. The lowest BCUT2D eigenvalue weighted by atomic mass is 10.00. The van der Waals surface area contributed by atoms with Crippen molar-refractivity contribution in [2.45, 2.75) is 32.6 Å². The fourth-order valence-corrected chi connectivity index (χ4v) is 4.20. The lowest BCUT2D eigenvalue weighted by Gasteiger charge is -2.16. The average Bonchev–Trinajstić information content (AvgIpc) is 3.25. The molecule has 5 heterocycles. The smallest absolute Gasteiger partial charge is 0.259 e. The number of hydrogen-bond donors (Lipinski definition) is 1. The fraction of sp³-hybridized carbons (Fsp3) is 0.280.